The minimum absolute atomic E-state index is 0.217. The molecule has 0 aliphatic carbocycles. The highest BCUT2D eigenvalue weighted by Gasteiger charge is 2.22. The van der Waals surface area contributed by atoms with E-state index in [4.69, 9.17) is 13.9 Å². The van der Waals surface area contributed by atoms with Gasteiger partial charge in [0, 0.05) is 19.2 Å². The van der Waals surface area contributed by atoms with Crippen LogP contribution in [0.3, 0.4) is 0 Å². The van der Waals surface area contributed by atoms with Crippen molar-refractivity contribution in [2.24, 2.45) is 0 Å². The van der Waals surface area contributed by atoms with Crippen molar-refractivity contribution < 1.29 is 18.7 Å². The molecule has 1 unspecified atom stereocenters. The summed E-state index contributed by atoms with van der Waals surface area (Å²) >= 11 is 0. The number of esters is 1. The number of unbranched alkanes of at least 4 members (excludes halogenated alkanes) is 13. The molecule has 1 aliphatic heterocycles. The van der Waals surface area contributed by atoms with Crippen molar-refractivity contribution in [2.45, 2.75) is 129 Å². The van der Waals surface area contributed by atoms with E-state index in [1.165, 1.54) is 103 Å². The van der Waals surface area contributed by atoms with Crippen LogP contribution in [0.15, 0.2) is 16.5 Å². The average molecular weight is 464 g/mol. The van der Waals surface area contributed by atoms with Crippen LogP contribution in [0.5, 0.6) is 5.95 Å². The predicted octanol–water partition coefficient (Wildman–Crippen LogP) is 8.13. The molecular weight excluding hydrogens is 414 g/mol. The first kappa shape index (κ1) is 27.8. The lowest BCUT2D eigenvalue weighted by atomic mass is 10.0. The fourth-order valence-electron chi connectivity index (χ4n) is 4.55. The highest BCUT2D eigenvalue weighted by atomic mass is 16.6. The third-order valence-electron chi connectivity index (χ3n) is 6.71. The zero-order valence-corrected chi connectivity index (χ0v) is 21.5. The monoisotopic (exact) mass is 463 g/mol. The second kappa shape index (κ2) is 17.9. The number of nitrogens with zero attached hydrogens (tertiary/aromatic N) is 1. The maximum Gasteiger partial charge on any atom is 0.375 e. The Balaban J connectivity index is 1.42. The molecule has 0 N–H and O–H groups in total. The first-order valence-corrected chi connectivity index (χ1v) is 13.9. The summed E-state index contributed by atoms with van der Waals surface area (Å²) in [4.78, 5) is 14.5. The molecule has 0 spiro atoms. The standard InChI is InChI=1S/C28H49NO4/c1-3-4-5-6-7-8-9-10-11-12-13-14-15-19-24-31-27-21-20-26(33-27)28(30)32-25(2)29-22-17-16-18-23-29/h20-21,25H,3-19,22-24H2,1-2H3. The second-order valence-electron chi connectivity index (χ2n) is 9.66. The van der Waals surface area contributed by atoms with Crippen LogP contribution >= 0.6 is 0 Å². The minimum Gasteiger partial charge on any atom is -0.465 e. The van der Waals surface area contributed by atoms with Crippen LogP contribution < -0.4 is 4.74 Å². The van der Waals surface area contributed by atoms with E-state index < -0.39 is 5.97 Å². The number of carbonyl (C=O) groups is 1. The van der Waals surface area contributed by atoms with Gasteiger partial charge in [0.1, 0.15) is 0 Å². The maximum atomic E-state index is 12.3. The fraction of sp³-hybridized carbons (Fsp3) is 0.821. The molecule has 33 heavy (non-hydrogen) atoms. The Hall–Kier alpha value is -1.49. The van der Waals surface area contributed by atoms with Gasteiger partial charge in [0.15, 0.2) is 6.23 Å². The van der Waals surface area contributed by atoms with E-state index in [0.29, 0.717) is 12.6 Å². The first-order chi connectivity index (χ1) is 16.2. The van der Waals surface area contributed by atoms with E-state index >= 15 is 0 Å². The van der Waals surface area contributed by atoms with E-state index in [9.17, 15) is 4.79 Å². The largest absolute Gasteiger partial charge is 0.465 e. The molecule has 0 radical (unpaired) electrons. The summed E-state index contributed by atoms with van der Waals surface area (Å²) in [6, 6.07) is 3.36. The van der Waals surface area contributed by atoms with Gasteiger partial charge in [-0.25, -0.2) is 4.79 Å². The molecule has 1 saturated heterocycles. The number of carbonyl (C=O) groups excluding carboxylic acids is 1. The van der Waals surface area contributed by atoms with Gasteiger partial charge in [-0.3, -0.25) is 4.90 Å². The van der Waals surface area contributed by atoms with Gasteiger partial charge in [0.25, 0.3) is 5.95 Å². The van der Waals surface area contributed by atoms with Gasteiger partial charge < -0.3 is 13.9 Å². The Morgan fingerprint density at radius 1 is 0.848 bits per heavy atom. The SMILES string of the molecule is CCCCCCCCCCCCCCCCOc1ccc(C(=O)OC(C)N2CCCCC2)o1. The lowest BCUT2D eigenvalue weighted by molar-refractivity contribution is -0.0324. The molecule has 5 nitrogen and oxygen atoms in total. The molecule has 0 aromatic carbocycles. The van der Waals surface area contributed by atoms with E-state index in [2.05, 4.69) is 11.8 Å². The summed E-state index contributed by atoms with van der Waals surface area (Å²) in [5.41, 5.74) is 0. The molecule has 1 fully saturated rings. The zero-order valence-electron chi connectivity index (χ0n) is 21.5. The summed E-state index contributed by atoms with van der Waals surface area (Å²) in [7, 11) is 0. The number of likely N-dealkylation sites (tertiary alicyclic amines) is 1. The van der Waals surface area contributed by atoms with Crippen LogP contribution in [0.25, 0.3) is 0 Å². The van der Waals surface area contributed by atoms with Crippen molar-refractivity contribution in [1.29, 1.82) is 0 Å². The number of rotatable bonds is 19. The van der Waals surface area contributed by atoms with Crippen LogP contribution in [-0.2, 0) is 4.74 Å². The van der Waals surface area contributed by atoms with Gasteiger partial charge in [-0.2, -0.15) is 0 Å². The number of ether oxygens (including phenoxy) is 2. The molecule has 0 amide bonds. The highest BCUT2D eigenvalue weighted by molar-refractivity contribution is 5.86. The van der Waals surface area contributed by atoms with Crippen LogP contribution in [0.4, 0.5) is 0 Å². The topological polar surface area (TPSA) is 51.9 Å². The summed E-state index contributed by atoms with van der Waals surface area (Å²) in [5.74, 6) is 0.205. The average Bonchev–Trinajstić information content (AvgIpc) is 3.31. The maximum absolute atomic E-state index is 12.3. The highest BCUT2D eigenvalue weighted by Crippen LogP contribution is 2.20. The molecule has 1 aromatic rings. The van der Waals surface area contributed by atoms with Gasteiger partial charge in [-0.15, -0.1) is 0 Å². The van der Waals surface area contributed by atoms with Crippen molar-refractivity contribution in [1.82, 2.24) is 4.90 Å². The lowest BCUT2D eigenvalue weighted by Gasteiger charge is -2.31. The van der Waals surface area contributed by atoms with E-state index in [0.717, 1.165) is 19.5 Å². The quantitative estimate of drug-likeness (QED) is 0.153. The first-order valence-electron chi connectivity index (χ1n) is 13.9. The minimum atomic E-state index is -0.417. The van der Waals surface area contributed by atoms with Crippen LogP contribution in [0.2, 0.25) is 0 Å². The summed E-state index contributed by atoms with van der Waals surface area (Å²) in [5, 5.41) is 0. The Morgan fingerprint density at radius 2 is 1.39 bits per heavy atom. The molecule has 5 heteroatoms. The van der Waals surface area contributed by atoms with Crippen LogP contribution in [0.1, 0.15) is 134 Å². The molecule has 2 heterocycles. The van der Waals surface area contributed by atoms with Gasteiger partial charge in [0.05, 0.1) is 6.61 Å². The van der Waals surface area contributed by atoms with Gasteiger partial charge in [-0.05, 0) is 32.3 Å². The molecule has 0 saturated carbocycles. The number of piperidine rings is 1. The van der Waals surface area contributed by atoms with Crippen LogP contribution in [-0.4, -0.2) is 36.8 Å². The number of hydrogen-bond acceptors (Lipinski definition) is 5. The number of hydrogen-bond donors (Lipinski definition) is 0. The molecular formula is C28H49NO4. The van der Waals surface area contributed by atoms with E-state index in [1.807, 2.05) is 6.92 Å². The Kier molecular flexibility index (Phi) is 15.1. The van der Waals surface area contributed by atoms with Crippen molar-refractivity contribution in [2.75, 3.05) is 19.7 Å². The second-order valence-corrected chi connectivity index (χ2v) is 9.66. The van der Waals surface area contributed by atoms with E-state index in [-0.39, 0.29) is 12.0 Å². The Labute approximate surface area is 202 Å². The normalized spacial score (nSPS) is 15.5. The van der Waals surface area contributed by atoms with Crippen LogP contribution in [0, 0.1) is 0 Å². The molecule has 2 rings (SSSR count). The predicted molar refractivity (Wildman–Crippen MR) is 135 cm³/mol. The Bertz CT molecular complexity index is 609. The molecule has 1 aromatic heterocycles. The molecule has 1 atom stereocenters. The van der Waals surface area contributed by atoms with Gasteiger partial charge in [-0.1, -0.05) is 96.8 Å². The third kappa shape index (κ3) is 12.5. The zero-order chi connectivity index (χ0) is 23.6. The Morgan fingerprint density at radius 3 is 1.97 bits per heavy atom. The van der Waals surface area contributed by atoms with Crippen molar-refractivity contribution in [3.63, 3.8) is 0 Å². The summed E-state index contributed by atoms with van der Waals surface area (Å²) in [6.45, 7) is 6.81. The lowest BCUT2D eigenvalue weighted by Crippen LogP contribution is -2.40. The van der Waals surface area contributed by atoms with Crippen molar-refractivity contribution in [3.05, 3.63) is 17.9 Å². The van der Waals surface area contributed by atoms with Gasteiger partial charge in [0.2, 0.25) is 5.76 Å². The number of furan rings is 1. The van der Waals surface area contributed by atoms with E-state index in [1.54, 1.807) is 12.1 Å². The third-order valence-corrected chi connectivity index (χ3v) is 6.71. The fourth-order valence-corrected chi connectivity index (χ4v) is 4.55. The molecule has 190 valence electrons. The van der Waals surface area contributed by atoms with Gasteiger partial charge >= 0.3 is 5.97 Å². The van der Waals surface area contributed by atoms with Crippen molar-refractivity contribution in [3.8, 4) is 5.95 Å². The summed E-state index contributed by atoms with van der Waals surface area (Å²) < 4.78 is 16.8. The molecule has 1 aliphatic rings. The smallest absolute Gasteiger partial charge is 0.375 e. The van der Waals surface area contributed by atoms with Crippen molar-refractivity contribution >= 4 is 5.97 Å². The summed E-state index contributed by atoms with van der Waals surface area (Å²) in [6.07, 6.45) is 22.2. The molecule has 0 bridgehead atoms.